The number of rotatable bonds is 6. The molecule has 24 heavy (non-hydrogen) atoms. The lowest BCUT2D eigenvalue weighted by molar-refractivity contribution is 0.0925. The molecule has 1 aliphatic carbocycles. The van der Waals surface area contributed by atoms with Crippen LogP contribution in [0.3, 0.4) is 0 Å². The molecular formula is C18H30N4O2. The maximum absolute atomic E-state index is 11.9. The topological polar surface area (TPSA) is 78.7 Å². The Hall–Kier alpha value is -1.98. The van der Waals surface area contributed by atoms with Gasteiger partial charge in [-0.15, -0.1) is 0 Å². The van der Waals surface area contributed by atoms with E-state index in [0.717, 1.165) is 30.4 Å². The first kappa shape index (κ1) is 18.4. The Balaban J connectivity index is 1.62. The average molecular weight is 334 g/mol. The maximum Gasteiger partial charge on any atom is 0.287 e. The summed E-state index contributed by atoms with van der Waals surface area (Å²) in [5.41, 5.74) is 0.858. The Morgan fingerprint density at radius 1 is 1.33 bits per heavy atom. The molecule has 0 bridgehead atoms. The van der Waals surface area contributed by atoms with Crippen molar-refractivity contribution in [2.24, 2.45) is 10.9 Å². The average Bonchev–Trinajstić information content (AvgIpc) is 2.99. The fourth-order valence-corrected chi connectivity index (χ4v) is 3.14. The van der Waals surface area contributed by atoms with Gasteiger partial charge in [-0.3, -0.25) is 9.79 Å². The molecule has 1 heterocycles. The molecule has 0 aliphatic heterocycles. The SMILES string of the molecule is CN=C(NCCCNC(=O)c1occc1C)NC1CCCC(C)C1. The molecule has 1 fully saturated rings. The van der Waals surface area contributed by atoms with Gasteiger partial charge in [-0.2, -0.15) is 0 Å². The summed E-state index contributed by atoms with van der Waals surface area (Å²) in [5, 5.41) is 9.69. The van der Waals surface area contributed by atoms with E-state index in [9.17, 15) is 4.79 Å². The van der Waals surface area contributed by atoms with Crippen LogP contribution in [0.1, 0.15) is 55.1 Å². The fourth-order valence-electron chi connectivity index (χ4n) is 3.14. The number of hydrogen-bond acceptors (Lipinski definition) is 3. The van der Waals surface area contributed by atoms with E-state index < -0.39 is 0 Å². The van der Waals surface area contributed by atoms with Crippen LogP contribution in [0.15, 0.2) is 21.7 Å². The molecule has 1 aliphatic rings. The van der Waals surface area contributed by atoms with Gasteiger partial charge < -0.3 is 20.4 Å². The van der Waals surface area contributed by atoms with Crippen LogP contribution in [0.25, 0.3) is 0 Å². The molecule has 6 nitrogen and oxygen atoms in total. The number of furan rings is 1. The highest BCUT2D eigenvalue weighted by Gasteiger charge is 2.19. The second-order valence-electron chi connectivity index (χ2n) is 6.65. The Morgan fingerprint density at radius 2 is 2.12 bits per heavy atom. The normalized spacial score (nSPS) is 21.4. The Labute approximate surface area is 144 Å². The Bertz CT molecular complexity index is 553. The molecule has 0 radical (unpaired) electrons. The molecular weight excluding hydrogens is 304 g/mol. The fraction of sp³-hybridized carbons (Fsp3) is 0.667. The summed E-state index contributed by atoms with van der Waals surface area (Å²) in [6, 6.07) is 2.31. The number of nitrogens with zero attached hydrogens (tertiary/aromatic N) is 1. The standard InChI is InChI=1S/C18H30N4O2/c1-13-6-4-7-15(12-13)22-18(19-3)21-10-5-9-20-17(23)16-14(2)8-11-24-16/h8,11,13,15H,4-7,9-10,12H2,1-3H3,(H,20,23)(H2,19,21,22). The van der Waals surface area contributed by atoms with Crippen molar-refractivity contribution in [3.8, 4) is 0 Å². The number of carbonyl (C=O) groups excluding carboxylic acids is 1. The third-order valence-corrected chi connectivity index (χ3v) is 4.50. The van der Waals surface area contributed by atoms with Crippen molar-refractivity contribution in [3.05, 3.63) is 23.7 Å². The predicted molar refractivity (Wildman–Crippen MR) is 96.3 cm³/mol. The zero-order chi connectivity index (χ0) is 17.4. The first-order valence-corrected chi connectivity index (χ1v) is 8.89. The van der Waals surface area contributed by atoms with Crippen molar-refractivity contribution in [1.29, 1.82) is 0 Å². The first-order valence-electron chi connectivity index (χ1n) is 8.89. The van der Waals surface area contributed by atoms with Crippen LogP contribution in [-0.4, -0.2) is 38.0 Å². The lowest BCUT2D eigenvalue weighted by atomic mass is 9.87. The smallest absolute Gasteiger partial charge is 0.287 e. The summed E-state index contributed by atoms with van der Waals surface area (Å²) in [6.45, 7) is 5.54. The van der Waals surface area contributed by atoms with Crippen LogP contribution in [0.4, 0.5) is 0 Å². The van der Waals surface area contributed by atoms with E-state index in [1.54, 1.807) is 13.1 Å². The third kappa shape index (κ3) is 5.58. The highest BCUT2D eigenvalue weighted by atomic mass is 16.3. The molecule has 0 saturated heterocycles. The molecule has 0 spiro atoms. The van der Waals surface area contributed by atoms with E-state index in [-0.39, 0.29) is 5.91 Å². The van der Waals surface area contributed by atoms with Crippen molar-refractivity contribution in [1.82, 2.24) is 16.0 Å². The monoisotopic (exact) mass is 334 g/mol. The lowest BCUT2D eigenvalue weighted by Gasteiger charge is -2.28. The molecule has 1 amide bonds. The highest BCUT2D eigenvalue weighted by molar-refractivity contribution is 5.92. The number of carbonyl (C=O) groups is 1. The number of amides is 1. The van der Waals surface area contributed by atoms with Gasteiger partial charge >= 0.3 is 0 Å². The summed E-state index contributed by atoms with van der Waals surface area (Å²) in [7, 11) is 1.79. The molecule has 2 atom stereocenters. The van der Waals surface area contributed by atoms with Gasteiger partial charge in [-0.25, -0.2) is 0 Å². The first-order chi connectivity index (χ1) is 11.6. The maximum atomic E-state index is 11.9. The van der Waals surface area contributed by atoms with E-state index in [1.165, 1.54) is 31.9 Å². The zero-order valence-electron chi connectivity index (χ0n) is 15.0. The van der Waals surface area contributed by atoms with E-state index in [4.69, 9.17) is 4.42 Å². The summed E-state index contributed by atoms with van der Waals surface area (Å²) >= 11 is 0. The summed E-state index contributed by atoms with van der Waals surface area (Å²) in [5.74, 6) is 1.87. The van der Waals surface area contributed by atoms with Gasteiger partial charge in [0.05, 0.1) is 6.26 Å². The summed E-state index contributed by atoms with van der Waals surface area (Å²) < 4.78 is 5.18. The van der Waals surface area contributed by atoms with E-state index >= 15 is 0 Å². The van der Waals surface area contributed by atoms with Gasteiger partial charge in [-0.1, -0.05) is 19.8 Å². The van der Waals surface area contributed by atoms with Crippen molar-refractivity contribution in [2.45, 2.75) is 52.0 Å². The molecule has 1 saturated carbocycles. The molecule has 6 heteroatoms. The van der Waals surface area contributed by atoms with E-state index in [0.29, 0.717) is 18.3 Å². The Kier molecular flexibility index (Phi) is 7.15. The minimum absolute atomic E-state index is 0.156. The number of aryl methyl sites for hydroxylation is 1. The van der Waals surface area contributed by atoms with Crippen LogP contribution >= 0.6 is 0 Å². The van der Waals surface area contributed by atoms with Crippen LogP contribution in [0.5, 0.6) is 0 Å². The van der Waals surface area contributed by atoms with Gasteiger partial charge in [0.15, 0.2) is 11.7 Å². The molecule has 2 unspecified atom stereocenters. The zero-order valence-corrected chi connectivity index (χ0v) is 15.0. The minimum atomic E-state index is -0.156. The quantitative estimate of drug-likeness (QED) is 0.424. The van der Waals surface area contributed by atoms with Crippen molar-refractivity contribution >= 4 is 11.9 Å². The van der Waals surface area contributed by atoms with Crippen molar-refractivity contribution in [2.75, 3.05) is 20.1 Å². The second-order valence-corrected chi connectivity index (χ2v) is 6.65. The van der Waals surface area contributed by atoms with Crippen LogP contribution in [0, 0.1) is 12.8 Å². The van der Waals surface area contributed by atoms with Gasteiger partial charge in [0.1, 0.15) is 0 Å². The number of guanidine groups is 1. The summed E-state index contributed by atoms with van der Waals surface area (Å²) in [6.07, 6.45) is 7.40. The van der Waals surface area contributed by atoms with Crippen molar-refractivity contribution < 1.29 is 9.21 Å². The van der Waals surface area contributed by atoms with Gasteiger partial charge in [0, 0.05) is 31.7 Å². The second kappa shape index (κ2) is 9.35. The largest absolute Gasteiger partial charge is 0.459 e. The van der Waals surface area contributed by atoms with Crippen LogP contribution in [-0.2, 0) is 0 Å². The molecule has 134 valence electrons. The van der Waals surface area contributed by atoms with E-state index in [2.05, 4.69) is 27.9 Å². The number of hydrogen-bond donors (Lipinski definition) is 3. The molecule has 2 rings (SSSR count). The van der Waals surface area contributed by atoms with E-state index in [1.807, 2.05) is 6.92 Å². The number of nitrogens with one attached hydrogen (secondary N) is 3. The Morgan fingerprint density at radius 3 is 2.79 bits per heavy atom. The van der Waals surface area contributed by atoms with Gasteiger partial charge in [-0.05, 0) is 38.2 Å². The molecule has 1 aromatic rings. The highest BCUT2D eigenvalue weighted by Crippen LogP contribution is 2.23. The molecule has 1 aromatic heterocycles. The molecule has 3 N–H and O–H groups in total. The van der Waals surface area contributed by atoms with Crippen LogP contribution in [0.2, 0.25) is 0 Å². The predicted octanol–water partition coefficient (Wildman–Crippen LogP) is 2.45. The van der Waals surface area contributed by atoms with Gasteiger partial charge in [0.2, 0.25) is 0 Å². The molecule has 0 aromatic carbocycles. The summed E-state index contributed by atoms with van der Waals surface area (Å²) in [4.78, 5) is 16.2. The van der Waals surface area contributed by atoms with Crippen molar-refractivity contribution in [3.63, 3.8) is 0 Å². The van der Waals surface area contributed by atoms with Gasteiger partial charge in [0.25, 0.3) is 5.91 Å². The number of aliphatic imine (C=N–C) groups is 1. The minimum Gasteiger partial charge on any atom is -0.459 e. The third-order valence-electron chi connectivity index (χ3n) is 4.50. The lowest BCUT2D eigenvalue weighted by Crippen LogP contribution is -2.45. The van der Waals surface area contributed by atoms with Crippen LogP contribution < -0.4 is 16.0 Å².